The maximum Gasteiger partial charge on any atom is 0.161 e. The second-order valence-corrected chi connectivity index (χ2v) is 14.7. The fourth-order valence-corrected chi connectivity index (χ4v) is 4.54. The molecule has 0 saturated heterocycles. The topological polar surface area (TPSA) is 60.2 Å². The zero-order chi connectivity index (χ0) is 17.3. The number of halogens is 1. The summed E-state index contributed by atoms with van der Waals surface area (Å²) in [6, 6.07) is 1.17. The predicted octanol–water partition coefficient (Wildman–Crippen LogP) is 3.98. The molecule has 1 aliphatic rings. The van der Waals surface area contributed by atoms with Crippen LogP contribution in [-0.2, 0) is 11.5 Å². The summed E-state index contributed by atoms with van der Waals surface area (Å²) in [5.41, 5.74) is 2.84. The van der Waals surface area contributed by atoms with Gasteiger partial charge in [-0.3, -0.25) is 0 Å². The summed E-state index contributed by atoms with van der Waals surface area (Å²) < 4.78 is 9.00. The molecule has 0 bridgehead atoms. The molecule has 2 aromatic rings. The zero-order valence-corrected chi connectivity index (χ0v) is 17.8. The van der Waals surface area contributed by atoms with Crippen molar-refractivity contribution >= 4 is 41.8 Å². The minimum absolute atomic E-state index is 0.184. The Balaban J connectivity index is 1.72. The van der Waals surface area contributed by atoms with Gasteiger partial charge < -0.3 is 14.4 Å². The lowest BCUT2D eigenvalue weighted by molar-refractivity contribution is 0.0898. The molecule has 7 heteroatoms. The molecule has 0 amide bonds. The van der Waals surface area contributed by atoms with Gasteiger partial charge in [0.2, 0.25) is 0 Å². The van der Waals surface area contributed by atoms with Crippen molar-refractivity contribution in [2.45, 2.75) is 63.7 Å². The normalized spacial score (nSPS) is 21.7. The van der Waals surface area contributed by atoms with Crippen molar-refractivity contribution in [3.05, 3.63) is 21.7 Å². The maximum atomic E-state index is 9.74. The average Bonchev–Trinajstić information content (AvgIpc) is 3.07. The molecular weight excluding hydrogens is 433 g/mol. The molecule has 1 N–H and O–H groups in total. The highest BCUT2D eigenvalue weighted by Gasteiger charge is 2.26. The Morgan fingerprint density at radius 3 is 2.83 bits per heavy atom. The number of fused-ring (bicyclic) bond motifs is 1. The van der Waals surface area contributed by atoms with E-state index in [2.05, 4.69) is 53.4 Å². The standard InChI is InChI=1S/C17H26IN3O2Si/c1-24(2,3)7-6-23-11-21-10-14(18)16-17(21)19-9-15(20-16)12-4-5-13(22)8-12/h9-10,12-13,22H,4-8,11H2,1-3H3. The molecule has 132 valence electrons. The SMILES string of the molecule is C[Si](C)(C)CCOCn1cc(I)c2nc(C3CCC(O)C3)cnc21. The summed E-state index contributed by atoms with van der Waals surface area (Å²) in [7, 11) is -1.06. The van der Waals surface area contributed by atoms with Crippen molar-refractivity contribution in [1.29, 1.82) is 0 Å². The smallest absolute Gasteiger partial charge is 0.161 e. The highest BCUT2D eigenvalue weighted by atomic mass is 127. The second kappa shape index (κ2) is 7.39. The summed E-state index contributed by atoms with van der Waals surface area (Å²) in [6.07, 6.45) is 6.42. The first-order chi connectivity index (χ1) is 11.3. The second-order valence-electron chi connectivity index (χ2n) is 7.93. The van der Waals surface area contributed by atoms with Gasteiger partial charge >= 0.3 is 0 Å². The van der Waals surface area contributed by atoms with Crippen molar-refractivity contribution in [3.63, 3.8) is 0 Å². The minimum atomic E-state index is -1.06. The molecule has 2 aromatic heterocycles. The fourth-order valence-electron chi connectivity index (χ4n) is 3.09. The number of ether oxygens (including phenoxy) is 1. The molecule has 2 atom stereocenters. The molecule has 24 heavy (non-hydrogen) atoms. The molecular formula is C17H26IN3O2Si. The summed E-state index contributed by atoms with van der Waals surface area (Å²) >= 11 is 2.32. The number of hydrogen-bond acceptors (Lipinski definition) is 4. The molecule has 2 unspecified atom stereocenters. The van der Waals surface area contributed by atoms with E-state index in [1.807, 2.05) is 10.8 Å². The Kier molecular flexibility index (Phi) is 5.63. The lowest BCUT2D eigenvalue weighted by atomic mass is 10.0. The molecule has 3 rings (SSSR count). The van der Waals surface area contributed by atoms with Crippen LogP contribution < -0.4 is 0 Å². The van der Waals surface area contributed by atoms with Gasteiger partial charge in [0.25, 0.3) is 0 Å². The number of hydrogen-bond donors (Lipinski definition) is 1. The summed E-state index contributed by atoms with van der Waals surface area (Å²) in [6.45, 7) is 8.41. The van der Waals surface area contributed by atoms with Gasteiger partial charge in [-0.1, -0.05) is 19.6 Å². The molecule has 1 fully saturated rings. The number of aromatic nitrogens is 3. The van der Waals surface area contributed by atoms with Crippen LogP contribution in [-0.4, -0.2) is 40.4 Å². The van der Waals surface area contributed by atoms with Crippen LogP contribution in [0, 0.1) is 3.57 Å². The average molecular weight is 459 g/mol. The largest absolute Gasteiger partial charge is 0.393 e. The monoisotopic (exact) mass is 459 g/mol. The van der Waals surface area contributed by atoms with E-state index in [-0.39, 0.29) is 6.10 Å². The van der Waals surface area contributed by atoms with Crippen molar-refractivity contribution in [2.75, 3.05) is 6.61 Å². The molecule has 0 radical (unpaired) electrons. The van der Waals surface area contributed by atoms with E-state index < -0.39 is 8.07 Å². The van der Waals surface area contributed by atoms with Crippen LogP contribution in [0.3, 0.4) is 0 Å². The van der Waals surface area contributed by atoms with Gasteiger partial charge in [-0.2, -0.15) is 0 Å². The zero-order valence-electron chi connectivity index (χ0n) is 14.6. The molecule has 5 nitrogen and oxygen atoms in total. The van der Waals surface area contributed by atoms with E-state index in [9.17, 15) is 5.11 Å². The van der Waals surface area contributed by atoms with E-state index in [0.29, 0.717) is 12.6 Å². The Morgan fingerprint density at radius 1 is 1.38 bits per heavy atom. The fraction of sp³-hybridized carbons (Fsp3) is 0.647. The Morgan fingerprint density at radius 2 is 2.17 bits per heavy atom. The summed E-state index contributed by atoms with van der Waals surface area (Å²) in [4.78, 5) is 9.47. The van der Waals surface area contributed by atoms with Gasteiger partial charge in [0.15, 0.2) is 5.65 Å². The number of aliphatic hydroxyl groups is 1. The number of nitrogens with zero attached hydrogens (tertiary/aromatic N) is 3. The van der Waals surface area contributed by atoms with Crippen molar-refractivity contribution < 1.29 is 9.84 Å². The third-order valence-corrected chi connectivity index (χ3v) is 7.08. The van der Waals surface area contributed by atoms with Crippen LogP contribution in [0.25, 0.3) is 11.2 Å². The third-order valence-electron chi connectivity index (χ3n) is 4.59. The van der Waals surface area contributed by atoms with E-state index >= 15 is 0 Å². The highest BCUT2D eigenvalue weighted by Crippen LogP contribution is 2.34. The summed E-state index contributed by atoms with van der Waals surface area (Å²) in [5.74, 6) is 0.337. The first kappa shape index (κ1) is 18.3. The Hall–Kier alpha value is -0.513. The van der Waals surface area contributed by atoms with Crippen LogP contribution in [0.2, 0.25) is 25.7 Å². The molecule has 1 aliphatic carbocycles. The van der Waals surface area contributed by atoms with Gasteiger partial charge in [0, 0.05) is 26.8 Å². The quantitative estimate of drug-likeness (QED) is 0.404. The van der Waals surface area contributed by atoms with Gasteiger partial charge in [-0.25, -0.2) is 9.97 Å². The van der Waals surface area contributed by atoms with Crippen LogP contribution >= 0.6 is 22.6 Å². The first-order valence-electron chi connectivity index (χ1n) is 8.60. The molecule has 0 spiro atoms. The van der Waals surface area contributed by atoms with Gasteiger partial charge in [-0.05, 0) is 47.9 Å². The van der Waals surface area contributed by atoms with Gasteiger partial charge in [-0.15, -0.1) is 0 Å². The van der Waals surface area contributed by atoms with Crippen molar-refractivity contribution in [3.8, 4) is 0 Å². The molecule has 0 aliphatic heterocycles. The molecule has 2 heterocycles. The van der Waals surface area contributed by atoms with Crippen LogP contribution in [0.1, 0.15) is 30.9 Å². The van der Waals surface area contributed by atoms with E-state index in [0.717, 1.165) is 46.3 Å². The number of rotatable bonds is 6. The summed E-state index contributed by atoms with van der Waals surface area (Å²) in [5, 5.41) is 9.74. The van der Waals surface area contributed by atoms with Crippen LogP contribution in [0.15, 0.2) is 12.4 Å². The minimum Gasteiger partial charge on any atom is -0.393 e. The van der Waals surface area contributed by atoms with E-state index in [1.54, 1.807) is 0 Å². The van der Waals surface area contributed by atoms with E-state index in [1.165, 1.54) is 6.04 Å². The Labute approximate surface area is 158 Å². The van der Waals surface area contributed by atoms with Gasteiger partial charge in [0.05, 0.1) is 21.6 Å². The van der Waals surface area contributed by atoms with E-state index in [4.69, 9.17) is 9.72 Å². The van der Waals surface area contributed by atoms with Crippen molar-refractivity contribution in [1.82, 2.24) is 14.5 Å². The molecule has 1 saturated carbocycles. The number of aliphatic hydroxyl groups excluding tert-OH is 1. The third kappa shape index (κ3) is 4.36. The Bertz CT molecular complexity index is 714. The predicted molar refractivity (Wildman–Crippen MR) is 107 cm³/mol. The lowest BCUT2D eigenvalue weighted by Crippen LogP contribution is -2.22. The van der Waals surface area contributed by atoms with Crippen LogP contribution in [0.5, 0.6) is 0 Å². The van der Waals surface area contributed by atoms with Crippen molar-refractivity contribution in [2.24, 2.45) is 0 Å². The van der Waals surface area contributed by atoms with Crippen LogP contribution in [0.4, 0.5) is 0 Å². The molecule has 0 aromatic carbocycles. The first-order valence-corrected chi connectivity index (χ1v) is 13.4. The maximum absolute atomic E-state index is 9.74. The highest BCUT2D eigenvalue weighted by molar-refractivity contribution is 14.1. The lowest BCUT2D eigenvalue weighted by Gasteiger charge is -2.15. The van der Waals surface area contributed by atoms with Gasteiger partial charge in [0.1, 0.15) is 12.2 Å².